The van der Waals surface area contributed by atoms with Crippen molar-refractivity contribution in [2.45, 2.75) is 58.8 Å². The van der Waals surface area contributed by atoms with Crippen LogP contribution in [0.25, 0.3) is 0 Å². The molecule has 0 bridgehead atoms. The van der Waals surface area contributed by atoms with Crippen molar-refractivity contribution >= 4 is 17.6 Å². The number of rotatable bonds is 8. The van der Waals surface area contributed by atoms with E-state index in [0.717, 1.165) is 18.4 Å². The van der Waals surface area contributed by atoms with Crippen molar-refractivity contribution in [1.82, 2.24) is 0 Å². The van der Waals surface area contributed by atoms with Gasteiger partial charge in [-0.1, -0.05) is 58.4 Å². The second kappa shape index (κ2) is 10.1. The Labute approximate surface area is 168 Å². The highest BCUT2D eigenvalue weighted by Crippen LogP contribution is 2.22. The van der Waals surface area contributed by atoms with E-state index in [4.69, 9.17) is 4.74 Å². The van der Waals surface area contributed by atoms with Crippen LogP contribution in [-0.2, 0) is 21.4 Å². The molecule has 0 aromatic heterocycles. The first-order valence-electron chi connectivity index (χ1n) is 9.96. The minimum atomic E-state index is -0.329. The topological polar surface area (TPSA) is 55.4 Å². The van der Waals surface area contributed by atoms with Crippen molar-refractivity contribution < 1.29 is 14.3 Å². The molecule has 2 aromatic carbocycles. The summed E-state index contributed by atoms with van der Waals surface area (Å²) in [5, 5.41) is 2.88. The average Bonchev–Trinajstić information content (AvgIpc) is 2.67. The summed E-state index contributed by atoms with van der Waals surface area (Å²) in [6.07, 6.45) is 2.95. The minimum Gasteiger partial charge on any atom is -0.462 e. The zero-order valence-corrected chi connectivity index (χ0v) is 17.4. The van der Waals surface area contributed by atoms with Crippen molar-refractivity contribution in [3.63, 3.8) is 0 Å². The van der Waals surface area contributed by atoms with Crippen molar-refractivity contribution in [3.8, 4) is 0 Å². The number of amides is 1. The maximum atomic E-state index is 12.2. The maximum Gasteiger partial charge on any atom is 0.338 e. The third-order valence-corrected chi connectivity index (χ3v) is 4.60. The van der Waals surface area contributed by atoms with Gasteiger partial charge in [-0.3, -0.25) is 4.79 Å². The Morgan fingerprint density at radius 2 is 1.61 bits per heavy atom. The van der Waals surface area contributed by atoms with Gasteiger partial charge in [-0.2, -0.15) is 0 Å². The maximum absolute atomic E-state index is 12.2. The SMILES string of the molecule is CCCCOC(=O)c1ccc(NC(=O)CCc2ccc(C(C)(C)C)cc2)cc1. The Bertz CT molecular complexity index is 771. The zero-order valence-electron chi connectivity index (χ0n) is 17.4. The third kappa shape index (κ3) is 6.84. The highest BCUT2D eigenvalue weighted by molar-refractivity contribution is 5.93. The van der Waals surface area contributed by atoms with E-state index in [0.29, 0.717) is 30.7 Å². The molecule has 150 valence electrons. The molecule has 0 aliphatic heterocycles. The summed E-state index contributed by atoms with van der Waals surface area (Å²) in [6.45, 7) is 9.04. The molecule has 0 atom stereocenters. The number of aryl methyl sites for hydroxylation is 1. The smallest absolute Gasteiger partial charge is 0.338 e. The molecule has 0 heterocycles. The predicted octanol–water partition coefficient (Wildman–Crippen LogP) is 5.51. The van der Waals surface area contributed by atoms with Gasteiger partial charge in [-0.25, -0.2) is 4.79 Å². The van der Waals surface area contributed by atoms with Crippen LogP contribution in [-0.4, -0.2) is 18.5 Å². The third-order valence-electron chi connectivity index (χ3n) is 4.60. The molecule has 0 radical (unpaired) electrons. The summed E-state index contributed by atoms with van der Waals surface area (Å²) in [7, 11) is 0. The van der Waals surface area contributed by atoms with Crippen molar-refractivity contribution in [1.29, 1.82) is 0 Å². The van der Waals surface area contributed by atoms with Crippen LogP contribution in [0.1, 0.15) is 68.4 Å². The Hall–Kier alpha value is -2.62. The molecule has 2 rings (SSSR count). The summed E-state index contributed by atoms with van der Waals surface area (Å²) in [6, 6.07) is 15.2. The molecule has 0 aliphatic rings. The van der Waals surface area contributed by atoms with Gasteiger partial charge in [0.1, 0.15) is 0 Å². The number of carbonyl (C=O) groups excluding carboxylic acids is 2. The molecule has 0 fully saturated rings. The first-order chi connectivity index (χ1) is 13.3. The van der Waals surface area contributed by atoms with E-state index >= 15 is 0 Å². The van der Waals surface area contributed by atoms with Gasteiger partial charge in [-0.15, -0.1) is 0 Å². The van der Waals surface area contributed by atoms with Gasteiger partial charge in [0.05, 0.1) is 12.2 Å². The van der Waals surface area contributed by atoms with E-state index in [1.165, 1.54) is 5.56 Å². The monoisotopic (exact) mass is 381 g/mol. The van der Waals surface area contributed by atoms with Crippen molar-refractivity contribution in [2.24, 2.45) is 0 Å². The standard InChI is InChI=1S/C24H31NO3/c1-5-6-17-28-23(27)19-10-14-21(15-11-19)25-22(26)16-9-18-7-12-20(13-8-18)24(2,3)4/h7-8,10-15H,5-6,9,16-17H2,1-4H3,(H,25,26). The Morgan fingerprint density at radius 3 is 2.18 bits per heavy atom. The highest BCUT2D eigenvalue weighted by atomic mass is 16.5. The van der Waals surface area contributed by atoms with E-state index in [1.807, 2.05) is 6.92 Å². The van der Waals surface area contributed by atoms with Crippen molar-refractivity contribution in [3.05, 3.63) is 65.2 Å². The number of benzene rings is 2. The second-order valence-electron chi connectivity index (χ2n) is 8.06. The number of hydrogen-bond acceptors (Lipinski definition) is 3. The molecule has 2 aromatic rings. The van der Waals surface area contributed by atoms with Crippen LogP contribution in [0.15, 0.2) is 48.5 Å². The lowest BCUT2D eigenvalue weighted by Gasteiger charge is -2.19. The molecular formula is C24H31NO3. The molecule has 0 spiro atoms. The number of hydrogen-bond donors (Lipinski definition) is 1. The van der Waals surface area contributed by atoms with Crippen LogP contribution in [0.2, 0.25) is 0 Å². The van der Waals surface area contributed by atoms with E-state index in [9.17, 15) is 9.59 Å². The number of carbonyl (C=O) groups is 2. The quantitative estimate of drug-likeness (QED) is 0.484. The number of ether oxygens (including phenoxy) is 1. The first kappa shape index (κ1) is 21.7. The summed E-state index contributed by atoms with van der Waals surface area (Å²) in [5.74, 6) is -0.372. The van der Waals surface area contributed by atoms with Crippen LogP contribution < -0.4 is 5.32 Å². The summed E-state index contributed by atoms with van der Waals surface area (Å²) in [5.41, 5.74) is 3.73. The van der Waals surface area contributed by atoms with Gasteiger partial charge in [0, 0.05) is 12.1 Å². The number of esters is 1. The molecule has 4 heteroatoms. The molecule has 0 unspecified atom stereocenters. The van der Waals surface area contributed by atoms with E-state index in [1.54, 1.807) is 24.3 Å². The van der Waals surface area contributed by atoms with Gasteiger partial charge < -0.3 is 10.1 Å². The van der Waals surface area contributed by atoms with Gasteiger partial charge in [0.2, 0.25) is 5.91 Å². The molecular weight excluding hydrogens is 350 g/mol. The Kier molecular flexibility index (Phi) is 7.80. The summed E-state index contributed by atoms with van der Waals surface area (Å²) >= 11 is 0. The lowest BCUT2D eigenvalue weighted by atomic mass is 9.86. The Morgan fingerprint density at radius 1 is 0.964 bits per heavy atom. The summed E-state index contributed by atoms with van der Waals surface area (Å²) < 4.78 is 5.18. The number of anilines is 1. The molecule has 0 saturated heterocycles. The lowest BCUT2D eigenvalue weighted by Crippen LogP contribution is -2.13. The first-order valence-corrected chi connectivity index (χ1v) is 9.96. The fraction of sp³-hybridized carbons (Fsp3) is 0.417. The lowest BCUT2D eigenvalue weighted by molar-refractivity contribution is -0.116. The van der Waals surface area contributed by atoms with Crippen LogP contribution in [0.5, 0.6) is 0 Å². The van der Waals surface area contributed by atoms with Crippen LogP contribution in [0, 0.1) is 0 Å². The van der Waals surface area contributed by atoms with Gasteiger partial charge >= 0.3 is 5.97 Å². The number of nitrogens with one attached hydrogen (secondary N) is 1. The van der Waals surface area contributed by atoms with Gasteiger partial charge in [0.25, 0.3) is 0 Å². The van der Waals surface area contributed by atoms with Crippen LogP contribution >= 0.6 is 0 Å². The molecule has 0 saturated carbocycles. The fourth-order valence-corrected chi connectivity index (χ4v) is 2.73. The van der Waals surface area contributed by atoms with Gasteiger partial charge in [0.15, 0.2) is 0 Å². The normalized spacial score (nSPS) is 11.1. The van der Waals surface area contributed by atoms with Crippen LogP contribution in [0.3, 0.4) is 0 Å². The highest BCUT2D eigenvalue weighted by Gasteiger charge is 2.13. The Balaban J connectivity index is 1.82. The van der Waals surface area contributed by atoms with Gasteiger partial charge in [-0.05, 0) is 53.6 Å². The van der Waals surface area contributed by atoms with E-state index in [-0.39, 0.29) is 17.3 Å². The molecule has 0 aliphatic carbocycles. The minimum absolute atomic E-state index is 0.0434. The van der Waals surface area contributed by atoms with Crippen LogP contribution in [0.4, 0.5) is 5.69 Å². The van der Waals surface area contributed by atoms with E-state index in [2.05, 4.69) is 50.4 Å². The predicted molar refractivity (Wildman–Crippen MR) is 114 cm³/mol. The van der Waals surface area contributed by atoms with E-state index < -0.39 is 0 Å². The molecule has 1 amide bonds. The zero-order chi connectivity index (χ0) is 20.6. The molecule has 28 heavy (non-hydrogen) atoms. The molecule has 1 N–H and O–H groups in total. The number of unbranched alkanes of at least 4 members (excludes halogenated alkanes) is 1. The summed E-state index contributed by atoms with van der Waals surface area (Å²) in [4.78, 5) is 24.1. The molecule has 4 nitrogen and oxygen atoms in total. The largest absolute Gasteiger partial charge is 0.462 e. The van der Waals surface area contributed by atoms with Crippen molar-refractivity contribution in [2.75, 3.05) is 11.9 Å². The average molecular weight is 382 g/mol. The fourth-order valence-electron chi connectivity index (χ4n) is 2.73. The second-order valence-corrected chi connectivity index (χ2v) is 8.06.